The van der Waals surface area contributed by atoms with Crippen LogP contribution >= 0.6 is 0 Å². The van der Waals surface area contributed by atoms with Crippen LogP contribution in [0.2, 0.25) is 0 Å². The molecule has 138 valence electrons. The number of hydrogen-bond donors (Lipinski definition) is 1. The second-order valence-corrected chi connectivity index (χ2v) is 7.20. The largest absolute Gasteiger partial charge is 0.489 e. The van der Waals surface area contributed by atoms with Crippen LogP contribution in [0.25, 0.3) is 10.9 Å². The van der Waals surface area contributed by atoms with E-state index in [1.807, 2.05) is 7.05 Å². The summed E-state index contributed by atoms with van der Waals surface area (Å²) < 4.78 is 22.0. The van der Waals surface area contributed by atoms with Crippen LogP contribution in [0.5, 0.6) is 5.75 Å². The topological polar surface area (TPSA) is 71.8 Å². The van der Waals surface area contributed by atoms with Crippen molar-refractivity contribution in [3.8, 4) is 5.75 Å². The van der Waals surface area contributed by atoms with Crippen LogP contribution in [0.4, 0.5) is 4.39 Å². The number of pyridine rings is 1. The highest BCUT2D eigenvalue weighted by molar-refractivity contribution is 5.93. The lowest BCUT2D eigenvalue weighted by Crippen LogP contribution is -2.30. The summed E-state index contributed by atoms with van der Waals surface area (Å²) in [6.45, 7) is 1.40. The van der Waals surface area contributed by atoms with E-state index < -0.39 is 17.2 Å². The Hall–Kier alpha value is -2.41. The molecule has 26 heavy (non-hydrogen) atoms. The number of rotatable bonds is 5. The highest BCUT2D eigenvalue weighted by atomic mass is 19.1. The molecule has 0 spiro atoms. The van der Waals surface area contributed by atoms with E-state index >= 15 is 0 Å². The number of hydrogen-bond acceptors (Lipinski definition) is 4. The third-order valence-corrected chi connectivity index (χ3v) is 5.36. The molecule has 4 rings (SSSR count). The summed E-state index contributed by atoms with van der Waals surface area (Å²) in [5.41, 5.74) is -0.464. The Balaban J connectivity index is 1.75. The molecule has 1 atom stereocenters. The molecule has 0 unspecified atom stereocenters. The van der Waals surface area contributed by atoms with Gasteiger partial charge in [0.05, 0.1) is 5.52 Å². The summed E-state index contributed by atoms with van der Waals surface area (Å²) in [7, 11) is 2.02. The molecule has 1 saturated heterocycles. The third kappa shape index (κ3) is 2.96. The van der Waals surface area contributed by atoms with Crippen LogP contribution in [0.3, 0.4) is 0 Å². The standard InChI is InChI=1S/C19H21FN2O4/c1-21-6-2-3-12(21)10-26-17-8-16-13(7-15(17)20)18(23)14(19(24)25)9-22(16)11-4-5-11/h7-9,11-12H,2-6,10H2,1H3,(H,24,25)/t12-/m0/s1. The first-order valence-electron chi connectivity index (χ1n) is 8.90. The highest BCUT2D eigenvalue weighted by Gasteiger charge is 2.28. The molecule has 2 fully saturated rings. The fourth-order valence-corrected chi connectivity index (χ4v) is 3.64. The van der Waals surface area contributed by atoms with E-state index in [2.05, 4.69) is 4.90 Å². The number of nitrogens with zero attached hydrogens (tertiary/aromatic N) is 2. The van der Waals surface area contributed by atoms with Crippen LogP contribution in [-0.4, -0.2) is 46.8 Å². The summed E-state index contributed by atoms with van der Waals surface area (Å²) in [5, 5.41) is 9.35. The molecule has 1 N–H and O–H groups in total. The zero-order chi connectivity index (χ0) is 18.4. The first-order valence-corrected chi connectivity index (χ1v) is 8.90. The monoisotopic (exact) mass is 360 g/mol. The summed E-state index contributed by atoms with van der Waals surface area (Å²) in [6, 6.07) is 3.04. The Bertz CT molecular complexity index is 935. The smallest absolute Gasteiger partial charge is 0.341 e. The molecule has 2 aromatic rings. The predicted octanol–water partition coefficient (Wildman–Crippen LogP) is 2.65. The lowest BCUT2D eigenvalue weighted by atomic mass is 10.1. The molecule has 7 heteroatoms. The zero-order valence-corrected chi connectivity index (χ0v) is 14.6. The molecule has 1 aliphatic carbocycles. The fourth-order valence-electron chi connectivity index (χ4n) is 3.64. The fraction of sp³-hybridized carbons (Fsp3) is 0.474. The first kappa shape index (κ1) is 17.0. The SMILES string of the molecule is CN1CCC[C@H]1COc1cc2c(cc1F)c(=O)c(C(=O)O)cn2C1CC1. The van der Waals surface area contributed by atoms with Gasteiger partial charge in [0.15, 0.2) is 11.6 Å². The van der Waals surface area contributed by atoms with E-state index in [0.29, 0.717) is 12.1 Å². The van der Waals surface area contributed by atoms with E-state index in [-0.39, 0.29) is 28.8 Å². The molecule has 1 aromatic carbocycles. The Morgan fingerprint density at radius 3 is 2.73 bits per heavy atom. The number of fused-ring (bicyclic) bond motifs is 1. The van der Waals surface area contributed by atoms with Crippen molar-refractivity contribution in [2.24, 2.45) is 0 Å². The molecule has 2 heterocycles. The molecule has 0 bridgehead atoms. The molecule has 1 aromatic heterocycles. The number of carbonyl (C=O) groups is 1. The predicted molar refractivity (Wildman–Crippen MR) is 94.5 cm³/mol. The van der Waals surface area contributed by atoms with Crippen molar-refractivity contribution >= 4 is 16.9 Å². The van der Waals surface area contributed by atoms with Gasteiger partial charge in [0, 0.05) is 29.7 Å². The van der Waals surface area contributed by atoms with Gasteiger partial charge in [-0.15, -0.1) is 0 Å². The second-order valence-electron chi connectivity index (χ2n) is 7.20. The number of halogens is 1. The van der Waals surface area contributed by atoms with Crippen molar-refractivity contribution in [2.45, 2.75) is 37.8 Å². The van der Waals surface area contributed by atoms with Crippen LogP contribution < -0.4 is 10.2 Å². The van der Waals surface area contributed by atoms with Crippen LogP contribution in [0.1, 0.15) is 42.1 Å². The van der Waals surface area contributed by atoms with Gasteiger partial charge in [0.25, 0.3) is 0 Å². The summed E-state index contributed by atoms with van der Waals surface area (Å²) in [6.07, 6.45) is 5.32. The van der Waals surface area contributed by atoms with E-state index in [1.165, 1.54) is 12.3 Å². The second kappa shape index (κ2) is 6.39. The molecular formula is C19H21FN2O4. The number of carboxylic acids is 1. The third-order valence-electron chi connectivity index (χ3n) is 5.36. The molecule has 1 aliphatic heterocycles. The van der Waals surface area contributed by atoms with Crippen molar-refractivity contribution in [3.05, 3.63) is 39.9 Å². The van der Waals surface area contributed by atoms with Gasteiger partial charge in [-0.25, -0.2) is 9.18 Å². The van der Waals surface area contributed by atoms with Crippen molar-refractivity contribution < 1.29 is 19.0 Å². The normalized spacial score (nSPS) is 20.6. The molecule has 2 aliphatic rings. The molecule has 6 nitrogen and oxygen atoms in total. The average molecular weight is 360 g/mol. The molecule has 0 amide bonds. The summed E-state index contributed by atoms with van der Waals surface area (Å²) >= 11 is 0. The molecule has 0 radical (unpaired) electrons. The van der Waals surface area contributed by atoms with Gasteiger partial charge in [-0.05, 0) is 45.3 Å². The van der Waals surface area contributed by atoms with E-state index in [1.54, 1.807) is 4.57 Å². The Labute approximate surface area is 149 Å². The lowest BCUT2D eigenvalue weighted by Gasteiger charge is -2.20. The Kier molecular flexibility index (Phi) is 4.19. The van der Waals surface area contributed by atoms with Crippen molar-refractivity contribution in [2.75, 3.05) is 20.2 Å². The van der Waals surface area contributed by atoms with Gasteiger partial charge in [-0.2, -0.15) is 0 Å². The average Bonchev–Trinajstić information content (AvgIpc) is 3.36. The number of aromatic nitrogens is 1. The Morgan fingerprint density at radius 1 is 1.35 bits per heavy atom. The van der Waals surface area contributed by atoms with Crippen molar-refractivity contribution in [1.29, 1.82) is 0 Å². The van der Waals surface area contributed by atoms with Gasteiger partial charge in [-0.1, -0.05) is 0 Å². The van der Waals surface area contributed by atoms with Crippen molar-refractivity contribution in [1.82, 2.24) is 9.47 Å². The minimum Gasteiger partial charge on any atom is -0.489 e. The van der Waals surface area contributed by atoms with Gasteiger partial charge in [-0.3, -0.25) is 4.79 Å². The molecule has 1 saturated carbocycles. The number of likely N-dealkylation sites (N-methyl/N-ethyl adjacent to an activating group) is 1. The maximum atomic E-state index is 14.5. The first-order chi connectivity index (χ1) is 12.5. The maximum absolute atomic E-state index is 14.5. The van der Waals surface area contributed by atoms with Crippen molar-refractivity contribution in [3.63, 3.8) is 0 Å². The quantitative estimate of drug-likeness (QED) is 0.888. The number of likely N-dealkylation sites (tertiary alicyclic amines) is 1. The van der Waals surface area contributed by atoms with Gasteiger partial charge < -0.3 is 19.3 Å². The highest BCUT2D eigenvalue weighted by Crippen LogP contribution is 2.38. The summed E-state index contributed by atoms with van der Waals surface area (Å²) in [5.74, 6) is -1.83. The zero-order valence-electron chi connectivity index (χ0n) is 14.6. The maximum Gasteiger partial charge on any atom is 0.341 e. The van der Waals surface area contributed by atoms with Crippen LogP contribution in [0.15, 0.2) is 23.1 Å². The number of carboxylic acid groups (broad SMARTS) is 1. The minimum atomic E-state index is -1.30. The van der Waals surface area contributed by atoms with E-state index in [0.717, 1.165) is 38.3 Å². The number of benzene rings is 1. The van der Waals surface area contributed by atoms with Gasteiger partial charge in [0.1, 0.15) is 12.2 Å². The minimum absolute atomic E-state index is 0.0830. The van der Waals surface area contributed by atoms with E-state index in [4.69, 9.17) is 4.74 Å². The number of ether oxygens (including phenoxy) is 1. The summed E-state index contributed by atoms with van der Waals surface area (Å²) in [4.78, 5) is 26.0. The van der Waals surface area contributed by atoms with Gasteiger partial charge >= 0.3 is 5.97 Å². The van der Waals surface area contributed by atoms with Gasteiger partial charge in [0.2, 0.25) is 5.43 Å². The van der Waals surface area contributed by atoms with Crippen LogP contribution in [0, 0.1) is 5.82 Å². The number of aromatic carboxylic acids is 1. The Morgan fingerprint density at radius 2 is 2.12 bits per heavy atom. The lowest BCUT2D eigenvalue weighted by molar-refractivity contribution is 0.0695. The molecular weight excluding hydrogens is 339 g/mol. The van der Waals surface area contributed by atoms with Crippen LogP contribution in [-0.2, 0) is 0 Å². The van der Waals surface area contributed by atoms with E-state index in [9.17, 15) is 19.1 Å².